The van der Waals surface area contributed by atoms with E-state index in [1.807, 2.05) is 55.8 Å². The minimum Gasteiger partial charge on any atom is -0.480 e. The van der Waals surface area contributed by atoms with Crippen LogP contribution in [0.15, 0.2) is 24.5 Å². The molecule has 198 valence electrons. The van der Waals surface area contributed by atoms with E-state index < -0.39 is 27.9 Å². The lowest BCUT2D eigenvalue weighted by Crippen LogP contribution is -2.56. The second-order valence-electron chi connectivity index (χ2n) is 13.1. The van der Waals surface area contributed by atoms with Crippen LogP contribution in [0.5, 0.6) is 11.5 Å². The van der Waals surface area contributed by atoms with Crippen LogP contribution in [0, 0.1) is 16.7 Å². The van der Waals surface area contributed by atoms with Gasteiger partial charge in [0.1, 0.15) is 11.6 Å². The normalized spacial score (nSPS) is 37.1. The highest BCUT2D eigenvalue weighted by molar-refractivity contribution is 6.09. The number of hydrogen-bond donors (Lipinski definition) is 1. The van der Waals surface area contributed by atoms with Crippen LogP contribution in [-0.2, 0) is 19.8 Å². The van der Waals surface area contributed by atoms with Crippen molar-refractivity contribution in [2.45, 2.75) is 83.9 Å². The highest BCUT2D eigenvalue weighted by atomic mass is 16.5. The SMILES string of the molecule is C[C@@H]1CC(=O)N2C[C@]3(C)[C@@H](C[C@@]4(C(=O)Nc5c4ccc4c5OC=CC(C)(C)O4)C3(C)C)N(C)C(=O)[C@H]2C1. The minimum atomic E-state index is -0.904. The molecule has 0 unspecified atom stereocenters. The van der Waals surface area contributed by atoms with Crippen LogP contribution >= 0.6 is 0 Å². The number of anilines is 1. The molecule has 4 heterocycles. The Hall–Kier alpha value is -3.03. The first kappa shape index (κ1) is 24.3. The first-order valence-corrected chi connectivity index (χ1v) is 13.3. The molecule has 4 aliphatic heterocycles. The Kier molecular flexibility index (Phi) is 4.79. The molecule has 0 bridgehead atoms. The Morgan fingerprint density at radius 3 is 2.54 bits per heavy atom. The van der Waals surface area contributed by atoms with Gasteiger partial charge in [-0.3, -0.25) is 14.4 Å². The van der Waals surface area contributed by atoms with Crippen molar-refractivity contribution in [3.8, 4) is 11.5 Å². The monoisotopic (exact) mass is 507 g/mol. The zero-order valence-corrected chi connectivity index (χ0v) is 22.8. The van der Waals surface area contributed by atoms with Gasteiger partial charge < -0.3 is 24.6 Å². The molecule has 2 saturated heterocycles. The Labute approximate surface area is 218 Å². The number of benzene rings is 1. The molecular weight excluding hydrogens is 470 g/mol. The second-order valence-corrected chi connectivity index (χ2v) is 13.1. The number of nitrogens with one attached hydrogen (secondary N) is 1. The summed E-state index contributed by atoms with van der Waals surface area (Å²) in [4.78, 5) is 44.8. The molecule has 37 heavy (non-hydrogen) atoms. The molecule has 1 aromatic rings. The van der Waals surface area contributed by atoms with Gasteiger partial charge in [-0.15, -0.1) is 0 Å². The molecule has 3 fully saturated rings. The van der Waals surface area contributed by atoms with Crippen LogP contribution in [0.4, 0.5) is 5.69 Å². The average Bonchev–Trinajstić information content (AvgIpc) is 3.07. The van der Waals surface area contributed by atoms with Crippen molar-refractivity contribution in [2.24, 2.45) is 16.7 Å². The summed E-state index contributed by atoms with van der Waals surface area (Å²) in [6.07, 6.45) is 5.07. The first-order valence-electron chi connectivity index (χ1n) is 13.3. The summed E-state index contributed by atoms with van der Waals surface area (Å²) in [6.45, 7) is 12.8. The van der Waals surface area contributed by atoms with Crippen molar-refractivity contribution < 1.29 is 23.9 Å². The minimum absolute atomic E-state index is 0.0221. The maximum Gasteiger partial charge on any atom is 0.245 e. The largest absolute Gasteiger partial charge is 0.480 e. The fourth-order valence-corrected chi connectivity index (χ4v) is 7.89. The fraction of sp³-hybridized carbons (Fsp3) is 0.621. The van der Waals surface area contributed by atoms with Crippen LogP contribution in [0.1, 0.15) is 66.4 Å². The number of carbonyl (C=O) groups excluding carboxylic acids is 3. The van der Waals surface area contributed by atoms with Crippen molar-refractivity contribution in [1.29, 1.82) is 0 Å². The maximum absolute atomic E-state index is 14.1. The molecular formula is C29H37N3O5. The van der Waals surface area contributed by atoms with E-state index in [0.29, 0.717) is 43.0 Å². The third-order valence-electron chi connectivity index (χ3n) is 10.4. The van der Waals surface area contributed by atoms with E-state index >= 15 is 0 Å². The van der Waals surface area contributed by atoms with E-state index in [9.17, 15) is 14.4 Å². The van der Waals surface area contributed by atoms with Crippen LogP contribution in [-0.4, -0.2) is 58.8 Å². The van der Waals surface area contributed by atoms with Gasteiger partial charge in [0, 0.05) is 31.5 Å². The molecule has 6 rings (SSSR count). The third-order valence-corrected chi connectivity index (χ3v) is 10.4. The molecule has 5 atom stereocenters. The summed E-state index contributed by atoms with van der Waals surface area (Å²) in [5.41, 5.74) is -1.07. The van der Waals surface area contributed by atoms with Crippen molar-refractivity contribution >= 4 is 23.4 Å². The number of nitrogens with zero attached hydrogens (tertiary/aromatic N) is 2. The molecule has 1 aliphatic carbocycles. The van der Waals surface area contributed by atoms with E-state index in [1.54, 1.807) is 6.26 Å². The van der Waals surface area contributed by atoms with E-state index in [4.69, 9.17) is 9.47 Å². The topological polar surface area (TPSA) is 88.2 Å². The molecule has 0 radical (unpaired) electrons. The number of carbonyl (C=O) groups is 3. The molecule has 8 nitrogen and oxygen atoms in total. The van der Waals surface area contributed by atoms with Gasteiger partial charge >= 0.3 is 0 Å². The second kappa shape index (κ2) is 7.29. The van der Waals surface area contributed by atoms with Crippen LogP contribution in [0.25, 0.3) is 0 Å². The summed E-state index contributed by atoms with van der Waals surface area (Å²) in [5.74, 6) is 1.17. The molecule has 1 N–H and O–H groups in total. The Morgan fingerprint density at radius 2 is 1.81 bits per heavy atom. The van der Waals surface area contributed by atoms with Gasteiger partial charge in [0.25, 0.3) is 0 Å². The molecule has 1 aromatic carbocycles. The number of piperidine rings is 1. The number of fused-ring (bicyclic) bond motifs is 6. The van der Waals surface area contributed by atoms with Gasteiger partial charge in [-0.1, -0.05) is 33.8 Å². The van der Waals surface area contributed by atoms with Crippen molar-refractivity contribution in [2.75, 3.05) is 18.9 Å². The lowest BCUT2D eigenvalue weighted by Gasteiger charge is -2.49. The molecule has 5 aliphatic rings. The van der Waals surface area contributed by atoms with E-state index in [0.717, 1.165) is 5.56 Å². The van der Waals surface area contributed by atoms with Gasteiger partial charge in [-0.25, -0.2) is 0 Å². The average molecular weight is 508 g/mol. The number of hydrogen-bond acceptors (Lipinski definition) is 5. The Morgan fingerprint density at radius 1 is 1.08 bits per heavy atom. The number of ether oxygens (including phenoxy) is 2. The van der Waals surface area contributed by atoms with E-state index in [2.05, 4.69) is 26.1 Å². The number of amides is 3. The molecule has 1 spiro atoms. The summed E-state index contributed by atoms with van der Waals surface area (Å²) in [5, 5.41) is 3.15. The molecule has 8 heteroatoms. The molecule has 1 saturated carbocycles. The Bertz CT molecular complexity index is 1270. The maximum atomic E-state index is 14.1. The fourth-order valence-electron chi connectivity index (χ4n) is 7.89. The van der Waals surface area contributed by atoms with Crippen LogP contribution in [0.3, 0.4) is 0 Å². The first-order chi connectivity index (χ1) is 17.2. The standard InChI is InChI=1S/C29H37N3O5/c1-16-12-18-24(34)31(7)20-14-29(27(4,5)28(20,6)15-32(18)21(33)13-16)17-8-9-19-23(22(17)30-25(29)35)36-11-10-26(2,3)37-19/h8-11,16,18,20H,12-15H2,1-7H3,(H,30,35)/t16-,18+,20+,28+,29+/m0/s1. The predicted octanol–water partition coefficient (Wildman–Crippen LogP) is 3.84. The zero-order valence-electron chi connectivity index (χ0n) is 22.8. The lowest BCUT2D eigenvalue weighted by molar-refractivity contribution is -0.149. The van der Waals surface area contributed by atoms with E-state index in [-0.39, 0.29) is 29.7 Å². The predicted molar refractivity (Wildman–Crippen MR) is 138 cm³/mol. The third kappa shape index (κ3) is 2.93. The zero-order chi connectivity index (χ0) is 26.7. The van der Waals surface area contributed by atoms with Crippen molar-refractivity contribution in [3.63, 3.8) is 0 Å². The highest BCUT2D eigenvalue weighted by Gasteiger charge is 2.73. The number of likely N-dealkylation sites (N-methyl/N-ethyl adjacent to an activating group) is 1. The molecule has 0 aromatic heterocycles. The van der Waals surface area contributed by atoms with E-state index in [1.165, 1.54) is 0 Å². The number of rotatable bonds is 0. The lowest BCUT2D eigenvalue weighted by atomic mass is 9.56. The summed E-state index contributed by atoms with van der Waals surface area (Å²) >= 11 is 0. The summed E-state index contributed by atoms with van der Waals surface area (Å²) in [6, 6.07) is 3.22. The Balaban J connectivity index is 1.50. The van der Waals surface area contributed by atoms with Crippen LogP contribution < -0.4 is 14.8 Å². The smallest absolute Gasteiger partial charge is 0.245 e. The van der Waals surface area contributed by atoms with Crippen molar-refractivity contribution in [1.82, 2.24) is 9.80 Å². The van der Waals surface area contributed by atoms with Gasteiger partial charge in [-0.2, -0.15) is 0 Å². The quantitative estimate of drug-likeness (QED) is 0.577. The summed E-state index contributed by atoms with van der Waals surface area (Å²) < 4.78 is 12.2. The van der Waals surface area contributed by atoms with Crippen molar-refractivity contribution in [3.05, 3.63) is 30.0 Å². The summed E-state index contributed by atoms with van der Waals surface area (Å²) in [7, 11) is 1.85. The van der Waals surface area contributed by atoms with Crippen LogP contribution in [0.2, 0.25) is 0 Å². The van der Waals surface area contributed by atoms with Gasteiger partial charge in [0.15, 0.2) is 11.5 Å². The molecule has 3 amide bonds. The van der Waals surface area contributed by atoms with Gasteiger partial charge in [0.05, 0.1) is 17.4 Å². The van der Waals surface area contributed by atoms with Gasteiger partial charge in [0.2, 0.25) is 17.7 Å². The highest BCUT2D eigenvalue weighted by Crippen LogP contribution is 2.69. The van der Waals surface area contributed by atoms with Gasteiger partial charge in [-0.05, 0) is 55.7 Å².